The van der Waals surface area contributed by atoms with Crippen molar-refractivity contribution in [2.45, 2.75) is 0 Å². The van der Waals surface area contributed by atoms with E-state index in [1.54, 1.807) is 30.5 Å². The molecule has 2 aromatic carbocycles. The number of carbonyl (C=O) groups excluding carboxylic acids is 1. The van der Waals surface area contributed by atoms with E-state index in [2.05, 4.69) is 26.2 Å². The van der Waals surface area contributed by atoms with Crippen LogP contribution in [0.2, 0.25) is 10.0 Å². The highest BCUT2D eigenvalue weighted by Gasteiger charge is 2.18. The number of amides is 1. The molecule has 4 rings (SSSR count). The van der Waals surface area contributed by atoms with Crippen LogP contribution in [0.1, 0.15) is 10.4 Å². The first kappa shape index (κ1) is 18.1. The van der Waals surface area contributed by atoms with E-state index in [1.165, 1.54) is 0 Å². The van der Waals surface area contributed by atoms with Gasteiger partial charge in [-0.15, -0.1) is 0 Å². The summed E-state index contributed by atoms with van der Waals surface area (Å²) >= 11 is 15.7. The summed E-state index contributed by atoms with van der Waals surface area (Å²) in [6, 6.07) is 12.2. The predicted octanol–water partition coefficient (Wildman–Crippen LogP) is 5.80. The van der Waals surface area contributed by atoms with E-state index in [-0.39, 0.29) is 22.4 Å². The molecule has 0 unspecified atom stereocenters. The molecule has 1 amide bonds. The number of hydrogen-bond donors (Lipinski definition) is 1. The van der Waals surface area contributed by atoms with Crippen molar-refractivity contribution in [3.63, 3.8) is 0 Å². The molecule has 1 aliphatic heterocycles. The van der Waals surface area contributed by atoms with Crippen molar-refractivity contribution in [1.29, 1.82) is 0 Å². The van der Waals surface area contributed by atoms with Gasteiger partial charge in [-0.25, -0.2) is 4.98 Å². The minimum atomic E-state index is -0.421. The Labute approximate surface area is 173 Å². The van der Waals surface area contributed by atoms with Crippen LogP contribution in [0.15, 0.2) is 53.1 Å². The van der Waals surface area contributed by atoms with Crippen LogP contribution in [0.25, 0.3) is 11.1 Å². The summed E-state index contributed by atoms with van der Waals surface area (Å²) in [6.07, 6.45) is 1.66. The van der Waals surface area contributed by atoms with E-state index in [0.29, 0.717) is 17.3 Å². The van der Waals surface area contributed by atoms with Gasteiger partial charge in [0.2, 0.25) is 6.79 Å². The Morgan fingerprint density at radius 1 is 1.07 bits per heavy atom. The number of carbonyl (C=O) groups is 1. The second kappa shape index (κ2) is 7.38. The zero-order valence-electron chi connectivity index (χ0n) is 13.6. The van der Waals surface area contributed by atoms with Crippen molar-refractivity contribution in [2.24, 2.45) is 0 Å². The molecule has 2 heterocycles. The smallest absolute Gasteiger partial charge is 0.259 e. The van der Waals surface area contributed by atoms with Crippen LogP contribution < -0.4 is 14.8 Å². The minimum absolute atomic E-state index is 0.207. The standard InChI is InChI=1S/C19H11BrCl2N2O3/c20-12-7-16-15(26-9-27-16)6-11(12)10-4-5-17(23-8-10)24-19(25)18-13(21)2-1-3-14(18)22/h1-8H,9H2,(H,23,24,25). The normalized spacial score (nSPS) is 12.1. The van der Waals surface area contributed by atoms with Gasteiger partial charge in [0.05, 0.1) is 15.6 Å². The monoisotopic (exact) mass is 464 g/mol. The third-order valence-corrected chi connectivity index (χ3v) is 5.25. The first-order chi connectivity index (χ1) is 13.0. The number of anilines is 1. The number of benzene rings is 2. The average molecular weight is 466 g/mol. The second-order valence-electron chi connectivity index (χ2n) is 5.67. The SMILES string of the molecule is O=C(Nc1ccc(-c2cc3c(cc2Br)OCO3)cn1)c1c(Cl)cccc1Cl. The molecule has 0 bridgehead atoms. The lowest BCUT2D eigenvalue weighted by atomic mass is 10.1. The molecule has 0 saturated heterocycles. The maximum atomic E-state index is 12.4. The number of aromatic nitrogens is 1. The van der Waals surface area contributed by atoms with Crippen molar-refractivity contribution >= 4 is 50.9 Å². The van der Waals surface area contributed by atoms with Crippen LogP contribution >= 0.6 is 39.1 Å². The van der Waals surface area contributed by atoms with E-state index in [0.717, 1.165) is 15.6 Å². The number of pyridine rings is 1. The lowest BCUT2D eigenvalue weighted by Gasteiger charge is -2.09. The average Bonchev–Trinajstić information content (AvgIpc) is 3.09. The number of nitrogens with zero attached hydrogens (tertiary/aromatic N) is 1. The third-order valence-electron chi connectivity index (χ3n) is 3.97. The Kier molecular flexibility index (Phi) is 4.95. The first-order valence-corrected chi connectivity index (χ1v) is 9.39. The topological polar surface area (TPSA) is 60.5 Å². The molecule has 5 nitrogen and oxygen atoms in total. The second-order valence-corrected chi connectivity index (χ2v) is 7.34. The highest BCUT2D eigenvalue weighted by Crippen LogP contribution is 2.41. The van der Waals surface area contributed by atoms with Crippen molar-refractivity contribution in [1.82, 2.24) is 4.98 Å². The Morgan fingerprint density at radius 2 is 1.78 bits per heavy atom. The number of nitrogens with one attached hydrogen (secondary N) is 1. The van der Waals surface area contributed by atoms with Gasteiger partial charge in [0.15, 0.2) is 11.5 Å². The lowest BCUT2D eigenvalue weighted by molar-refractivity contribution is 0.102. The molecule has 0 atom stereocenters. The van der Waals surface area contributed by atoms with Crippen LogP contribution in [-0.2, 0) is 0 Å². The van der Waals surface area contributed by atoms with Crippen LogP contribution in [-0.4, -0.2) is 17.7 Å². The molecule has 136 valence electrons. The Morgan fingerprint density at radius 3 is 2.44 bits per heavy atom. The summed E-state index contributed by atoms with van der Waals surface area (Å²) in [7, 11) is 0. The van der Waals surface area contributed by atoms with Crippen molar-refractivity contribution in [3.8, 4) is 22.6 Å². The van der Waals surface area contributed by atoms with Gasteiger partial charge in [0, 0.05) is 21.8 Å². The van der Waals surface area contributed by atoms with Crippen molar-refractivity contribution in [3.05, 3.63) is 68.7 Å². The minimum Gasteiger partial charge on any atom is -0.454 e. The quantitative estimate of drug-likeness (QED) is 0.531. The van der Waals surface area contributed by atoms with E-state index < -0.39 is 5.91 Å². The molecule has 0 aliphatic carbocycles. The van der Waals surface area contributed by atoms with Crippen molar-refractivity contribution < 1.29 is 14.3 Å². The van der Waals surface area contributed by atoms with Gasteiger partial charge < -0.3 is 14.8 Å². The van der Waals surface area contributed by atoms with Crippen LogP contribution in [0.4, 0.5) is 5.82 Å². The number of halogens is 3. The van der Waals surface area contributed by atoms with Gasteiger partial charge in [-0.2, -0.15) is 0 Å². The van der Waals surface area contributed by atoms with Crippen LogP contribution in [0.3, 0.4) is 0 Å². The Hall–Kier alpha value is -2.28. The highest BCUT2D eigenvalue weighted by atomic mass is 79.9. The molecule has 1 aromatic heterocycles. The van der Waals surface area contributed by atoms with Crippen LogP contribution in [0, 0.1) is 0 Å². The number of ether oxygens (including phenoxy) is 2. The number of fused-ring (bicyclic) bond motifs is 1. The molecule has 1 N–H and O–H groups in total. The van der Waals surface area contributed by atoms with Gasteiger partial charge >= 0.3 is 0 Å². The molecule has 0 radical (unpaired) electrons. The fourth-order valence-electron chi connectivity index (χ4n) is 2.66. The molecule has 0 spiro atoms. The summed E-state index contributed by atoms with van der Waals surface area (Å²) in [4.78, 5) is 16.7. The van der Waals surface area contributed by atoms with E-state index in [1.807, 2.05) is 18.2 Å². The molecular weight excluding hydrogens is 455 g/mol. The molecule has 0 saturated carbocycles. The predicted molar refractivity (Wildman–Crippen MR) is 108 cm³/mol. The summed E-state index contributed by atoms with van der Waals surface area (Å²) in [5.41, 5.74) is 1.97. The summed E-state index contributed by atoms with van der Waals surface area (Å²) in [5, 5.41) is 3.26. The Bertz CT molecular complexity index is 1020. The first-order valence-electron chi connectivity index (χ1n) is 7.84. The molecule has 8 heteroatoms. The molecule has 3 aromatic rings. The van der Waals surface area contributed by atoms with E-state index in [9.17, 15) is 4.79 Å². The van der Waals surface area contributed by atoms with E-state index >= 15 is 0 Å². The fourth-order valence-corrected chi connectivity index (χ4v) is 3.78. The van der Waals surface area contributed by atoms with Gasteiger partial charge in [0.1, 0.15) is 5.82 Å². The zero-order chi connectivity index (χ0) is 19.0. The maximum absolute atomic E-state index is 12.4. The molecular formula is C19H11BrCl2N2O3. The maximum Gasteiger partial charge on any atom is 0.259 e. The molecule has 27 heavy (non-hydrogen) atoms. The molecule has 1 aliphatic rings. The highest BCUT2D eigenvalue weighted by molar-refractivity contribution is 9.10. The molecule has 0 fully saturated rings. The van der Waals surface area contributed by atoms with Crippen LogP contribution in [0.5, 0.6) is 11.5 Å². The lowest BCUT2D eigenvalue weighted by Crippen LogP contribution is -2.14. The third kappa shape index (κ3) is 3.60. The van der Waals surface area contributed by atoms with Gasteiger partial charge in [-0.1, -0.05) is 45.2 Å². The number of rotatable bonds is 3. The fraction of sp³-hybridized carbons (Fsp3) is 0.0526. The van der Waals surface area contributed by atoms with Gasteiger partial charge in [0.25, 0.3) is 5.91 Å². The van der Waals surface area contributed by atoms with Crippen molar-refractivity contribution in [2.75, 3.05) is 12.1 Å². The number of hydrogen-bond acceptors (Lipinski definition) is 4. The summed E-state index contributed by atoms with van der Waals surface area (Å²) in [6.45, 7) is 0.207. The zero-order valence-corrected chi connectivity index (χ0v) is 16.7. The van der Waals surface area contributed by atoms with Gasteiger partial charge in [-0.3, -0.25) is 4.79 Å². The van der Waals surface area contributed by atoms with E-state index in [4.69, 9.17) is 32.7 Å². The Balaban J connectivity index is 1.57. The summed E-state index contributed by atoms with van der Waals surface area (Å²) in [5.74, 6) is 1.34. The summed E-state index contributed by atoms with van der Waals surface area (Å²) < 4.78 is 11.6. The van der Waals surface area contributed by atoms with Gasteiger partial charge in [-0.05, 0) is 36.4 Å². The largest absolute Gasteiger partial charge is 0.454 e.